The summed E-state index contributed by atoms with van der Waals surface area (Å²) >= 11 is 0. The van der Waals surface area contributed by atoms with E-state index < -0.39 is 0 Å². The van der Waals surface area contributed by atoms with E-state index >= 15 is 0 Å². The first-order chi connectivity index (χ1) is 12.6. The first-order valence-corrected chi connectivity index (χ1v) is 8.35. The van der Waals surface area contributed by atoms with Crippen molar-refractivity contribution in [3.8, 4) is 22.8 Å². The first kappa shape index (κ1) is 16.2. The van der Waals surface area contributed by atoms with Crippen molar-refractivity contribution >= 4 is 5.91 Å². The lowest BCUT2D eigenvalue weighted by atomic mass is 10.0. The summed E-state index contributed by atoms with van der Waals surface area (Å²) in [5, 5.41) is 6.99. The number of nitrogens with one attached hydrogen (secondary N) is 1. The van der Waals surface area contributed by atoms with Crippen molar-refractivity contribution in [1.29, 1.82) is 0 Å². The number of carbonyl (C=O) groups is 1. The maximum atomic E-state index is 12.9. The molecule has 26 heavy (non-hydrogen) atoms. The average Bonchev–Trinajstić information content (AvgIpc) is 3.27. The summed E-state index contributed by atoms with van der Waals surface area (Å²) < 4.78 is 16.2. The maximum absolute atomic E-state index is 12.9. The van der Waals surface area contributed by atoms with Crippen LogP contribution < -0.4 is 14.8 Å². The Morgan fingerprint density at radius 1 is 1.12 bits per heavy atom. The SMILES string of the molecule is Cc1noc(-c2ccc3c(c2)OCO3)c1C(=O)N[C@@H](C)c1ccccc1. The Morgan fingerprint density at radius 3 is 2.69 bits per heavy atom. The monoisotopic (exact) mass is 350 g/mol. The maximum Gasteiger partial charge on any atom is 0.257 e. The van der Waals surface area contributed by atoms with Crippen molar-refractivity contribution in [3.63, 3.8) is 0 Å². The van der Waals surface area contributed by atoms with E-state index in [0.717, 1.165) is 5.56 Å². The Labute approximate surface area is 150 Å². The van der Waals surface area contributed by atoms with Gasteiger partial charge < -0.3 is 19.3 Å². The van der Waals surface area contributed by atoms with Gasteiger partial charge in [0.25, 0.3) is 5.91 Å². The molecule has 0 unspecified atom stereocenters. The largest absolute Gasteiger partial charge is 0.454 e. The zero-order valence-electron chi connectivity index (χ0n) is 14.5. The van der Waals surface area contributed by atoms with Crippen LogP contribution >= 0.6 is 0 Å². The van der Waals surface area contributed by atoms with Crippen molar-refractivity contribution in [2.24, 2.45) is 0 Å². The second kappa shape index (κ2) is 6.55. The molecule has 0 bridgehead atoms. The Morgan fingerprint density at radius 2 is 1.88 bits per heavy atom. The van der Waals surface area contributed by atoms with E-state index in [9.17, 15) is 4.79 Å². The summed E-state index contributed by atoms with van der Waals surface area (Å²) in [4.78, 5) is 12.9. The molecule has 2 heterocycles. The molecule has 0 aliphatic carbocycles. The van der Waals surface area contributed by atoms with Gasteiger partial charge in [-0.25, -0.2) is 0 Å². The van der Waals surface area contributed by atoms with E-state index in [-0.39, 0.29) is 18.7 Å². The average molecular weight is 350 g/mol. The van der Waals surface area contributed by atoms with Gasteiger partial charge in [0.05, 0.1) is 11.7 Å². The van der Waals surface area contributed by atoms with Crippen LogP contribution in [0.25, 0.3) is 11.3 Å². The zero-order valence-corrected chi connectivity index (χ0v) is 14.5. The smallest absolute Gasteiger partial charge is 0.257 e. The molecule has 0 saturated heterocycles. The van der Waals surface area contributed by atoms with Crippen molar-refractivity contribution in [3.05, 3.63) is 65.4 Å². The molecule has 1 aliphatic heterocycles. The van der Waals surface area contributed by atoms with Crippen LogP contribution in [0.5, 0.6) is 11.5 Å². The highest BCUT2D eigenvalue weighted by Gasteiger charge is 2.25. The minimum atomic E-state index is -0.229. The van der Waals surface area contributed by atoms with Crippen LogP contribution in [0.1, 0.15) is 34.6 Å². The molecule has 2 aromatic carbocycles. The summed E-state index contributed by atoms with van der Waals surface area (Å²) in [5.74, 6) is 1.49. The van der Waals surface area contributed by atoms with E-state index in [1.165, 1.54) is 0 Å². The topological polar surface area (TPSA) is 73.6 Å². The molecule has 0 fully saturated rings. The predicted octanol–water partition coefficient (Wildman–Crippen LogP) is 3.87. The second-order valence-electron chi connectivity index (χ2n) is 6.15. The fourth-order valence-corrected chi connectivity index (χ4v) is 2.97. The van der Waals surface area contributed by atoms with Gasteiger partial charge in [-0.15, -0.1) is 0 Å². The molecule has 4 rings (SSSR count). The van der Waals surface area contributed by atoms with Crippen molar-refractivity contribution in [1.82, 2.24) is 10.5 Å². The lowest BCUT2D eigenvalue weighted by molar-refractivity contribution is 0.0939. The number of benzene rings is 2. The summed E-state index contributed by atoms with van der Waals surface area (Å²) in [7, 11) is 0. The predicted molar refractivity (Wildman–Crippen MR) is 95.1 cm³/mol. The highest BCUT2D eigenvalue weighted by atomic mass is 16.7. The molecule has 3 aromatic rings. The van der Waals surface area contributed by atoms with Crippen LogP contribution in [0, 0.1) is 6.92 Å². The highest BCUT2D eigenvalue weighted by Crippen LogP contribution is 2.37. The quantitative estimate of drug-likeness (QED) is 0.773. The van der Waals surface area contributed by atoms with E-state index in [1.54, 1.807) is 19.1 Å². The number of aromatic nitrogens is 1. The molecular formula is C20H18N2O4. The first-order valence-electron chi connectivity index (χ1n) is 8.35. The van der Waals surface area contributed by atoms with Gasteiger partial charge in [-0.05, 0) is 37.6 Å². The molecule has 0 saturated carbocycles. The Bertz CT molecular complexity index is 950. The number of hydrogen-bond acceptors (Lipinski definition) is 5. The van der Waals surface area contributed by atoms with E-state index in [0.29, 0.717) is 34.1 Å². The van der Waals surface area contributed by atoms with E-state index in [2.05, 4.69) is 10.5 Å². The fraction of sp³-hybridized carbons (Fsp3) is 0.200. The number of amides is 1. The van der Waals surface area contributed by atoms with Gasteiger partial charge in [0.15, 0.2) is 17.3 Å². The number of carbonyl (C=O) groups excluding carboxylic acids is 1. The van der Waals surface area contributed by atoms with Crippen molar-refractivity contribution in [2.75, 3.05) is 6.79 Å². The van der Waals surface area contributed by atoms with Crippen LogP contribution in [0.4, 0.5) is 0 Å². The number of hydrogen-bond donors (Lipinski definition) is 1. The number of ether oxygens (including phenoxy) is 2. The number of fused-ring (bicyclic) bond motifs is 1. The summed E-state index contributed by atoms with van der Waals surface area (Å²) in [6.07, 6.45) is 0. The highest BCUT2D eigenvalue weighted by molar-refractivity contribution is 6.00. The summed E-state index contributed by atoms with van der Waals surface area (Å²) in [6, 6.07) is 15.1. The molecule has 1 aromatic heterocycles. The molecule has 6 heteroatoms. The van der Waals surface area contributed by atoms with Crippen LogP contribution in [-0.4, -0.2) is 17.9 Å². The third-order valence-corrected chi connectivity index (χ3v) is 4.37. The zero-order chi connectivity index (χ0) is 18.1. The summed E-state index contributed by atoms with van der Waals surface area (Å²) in [6.45, 7) is 3.88. The van der Waals surface area contributed by atoms with E-state index in [1.807, 2.05) is 43.3 Å². The Balaban J connectivity index is 1.63. The molecule has 1 amide bonds. The normalized spacial score (nSPS) is 13.5. The minimum Gasteiger partial charge on any atom is -0.454 e. The van der Waals surface area contributed by atoms with E-state index in [4.69, 9.17) is 14.0 Å². The summed E-state index contributed by atoms with van der Waals surface area (Å²) in [5.41, 5.74) is 2.70. The van der Waals surface area contributed by atoms with Gasteiger partial charge in [-0.1, -0.05) is 35.5 Å². The Kier molecular flexibility index (Phi) is 4.08. The second-order valence-corrected chi connectivity index (χ2v) is 6.15. The fourth-order valence-electron chi connectivity index (χ4n) is 2.97. The number of aryl methyl sites for hydroxylation is 1. The number of rotatable bonds is 4. The third-order valence-electron chi connectivity index (χ3n) is 4.37. The molecule has 0 radical (unpaired) electrons. The van der Waals surface area contributed by atoms with Gasteiger partial charge in [-0.3, -0.25) is 4.79 Å². The van der Waals surface area contributed by atoms with Gasteiger partial charge in [0.2, 0.25) is 6.79 Å². The molecule has 1 N–H and O–H groups in total. The number of nitrogens with zero attached hydrogens (tertiary/aromatic N) is 1. The molecular weight excluding hydrogens is 332 g/mol. The van der Waals surface area contributed by atoms with Gasteiger partial charge >= 0.3 is 0 Å². The third kappa shape index (κ3) is 2.90. The van der Waals surface area contributed by atoms with Crippen molar-refractivity contribution in [2.45, 2.75) is 19.9 Å². The van der Waals surface area contributed by atoms with Gasteiger partial charge in [0, 0.05) is 5.56 Å². The van der Waals surface area contributed by atoms with Crippen LogP contribution in [-0.2, 0) is 0 Å². The molecule has 132 valence electrons. The van der Waals surface area contributed by atoms with Gasteiger partial charge in [0.1, 0.15) is 5.56 Å². The molecule has 1 aliphatic rings. The van der Waals surface area contributed by atoms with Gasteiger partial charge in [-0.2, -0.15) is 0 Å². The standard InChI is InChI=1S/C20H18N2O4/c1-12(14-6-4-3-5-7-14)21-20(23)18-13(2)22-26-19(18)15-8-9-16-17(10-15)25-11-24-16/h3-10,12H,11H2,1-2H3,(H,21,23)/t12-/m0/s1. The lowest BCUT2D eigenvalue weighted by Crippen LogP contribution is -2.27. The Hall–Kier alpha value is -3.28. The van der Waals surface area contributed by atoms with Crippen LogP contribution in [0.2, 0.25) is 0 Å². The minimum absolute atomic E-state index is 0.136. The van der Waals surface area contributed by atoms with Crippen molar-refractivity contribution < 1.29 is 18.8 Å². The molecule has 0 spiro atoms. The molecule has 1 atom stereocenters. The lowest BCUT2D eigenvalue weighted by Gasteiger charge is -2.14. The van der Waals surface area contributed by atoms with Crippen LogP contribution in [0.3, 0.4) is 0 Å². The molecule has 6 nitrogen and oxygen atoms in total. The van der Waals surface area contributed by atoms with Crippen LogP contribution in [0.15, 0.2) is 53.1 Å².